The molecule has 1 fully saturated rings. The molecule has 1 saturated heterocycles. The molecule has 2 unspecified atom stereocenters. The maximum Gasteiger partial charge on any atom is 0.243 e. The zero-order chi connectivity index (χ0) is 14.7. The van der Waals surface area contributed by atoms with Crippen molar-refractivity contribution in [1.29, 1.82) is 0 Å². The summed E-state index contributed by atoms with van der Waals surface area (Å²) in [5.41, 5.74) is 5.67. The number of amides is 1. The number of rotatable bonds is 4. The van der Waals surface area contributed by atoms with Crippen molar-refractivity contribution in [2.24, 2.45) is 5.73 Å². The Hall–Kier alpha value is -1.47. The Kier molecular flexibility index (Phi) is 4.72. The van der Waals surface area contributed by atoms with Crippen LogP contribution in [0.2, 0.25) is 0 Å². The summed E-state index contributed by atoms with van der Waals surface area (Å²) in [6, 6.07) is 0.00251. The number of carbonyl (C=O) groups is 1. The first kappa shape index (κ1) is 14.9. The lowest BCUT2D eigenvalue weighted by Gasteiger charge is -2.37. The number of aromatic nitrogens is 2. The molecule has 1 amide bonds. The summed E-state index contributed by atoms with van der Waals surface area (Å²) in [7, 11) is 0. The highest BCUT2D eigenvalue weighted by molar-refractivity contribution is 5.76. The van der Waals surface area contributed by atoms with Crippen molar-refractivity contribution in [3.8, 4) is 0 Å². The van der Waals surface area contributed by atoms with Gasteiger partial charge in [-0.25, -0.2) is 0 Å². The second-order valence-electron chi connectivity index (χ2n) is 5.45. The van der Waals surface area contributed by atoms with E-state index < -0.39 is 0 Å². The van der Waals surface area contributed by atoms with Crippen LogP contribution in [0.1, 0.15) is 38.0 Å². The third-order valence-electron chi connectivity index (χ3n) is 3.61. The fraction of sp³-hybridized carbons (Fsp3) is 0.769. The summed E-state index contributed by atoms with van der Waals surface area (Å²) in [6.45, 7) is 8.79. The van der Waals surface area contributed by atoms with Crippen molar-refractivity contribution in [2.45, 2.75) is 39.3 Å². The molecule has 2 atom stereocenters. The third-order valence-corrected chi connectivity index (χ3v) is 3.61. The smallest absolute Gasteiger partial charge is 0.243 e. The van der Waals surface area contributed by atoms with Crippen LogP contribution < -0.4 is 5.73 Å². The van der Waals surface area contributed by atoms with Gasteiger partial charge in [-0.15, -0.1) is 0 Å². The molecule has 0 aliphatic carbocycles. The molecule has 1 aliphatic rings. The SMILES string of the molecule is Cc1noc(C(C)N2CCN(C(=O)CC(C)N)CC2)n1. The van der Waals surface area contributed by atoms with Gasteiger partial charge in [0.25, 0.3) is 0 Å². The van der Waals surface area contributed by atoms with Crippen LogP contribution in [0.5, 0.6) is 0 Å². The highest BCUT2D eigenvalue weighted by atomic mass is 16.5. The Labute approximate surface area is 119 Å². The normalized spacial score (nSPS) is 19.9. The topological polar surface area (TPSA) is 88.5 Å². The largest absolute Gasteiger partial charge is 0.340 e. The molecule has 1 aliphatic heterocycles. The fourth-order valence-corrected chi connectivity index (χ4v) is 2.40. The molecule has 1 aromatic rings. The molecule has 7 nitrogen and oxygen atoms in total. The lowest BCUT2D eigenvalue weighted by Crippen LogP contribution is -2.50. The third kappa shape index (κ3) is 3.55. The Morgan fingerprint density at radius 2 is 2.00 bits per heavy atom. The summed E-state index contributed by atoms with van der Waals surface area (Å²) in [6.07, 6.45) is 0.415. The van der Waals surface area contributed by atoms with Gasteiger partial charge in [0, 0.05) is 38.6 Å². The summed E-state index contributed by atoms with van der Waals surface area (Å²) >= 11 is 0. The molecular formula is C13H23N5O2. The van der Waals surface area contributed by atoms with Gasteiger partial charge in [-0.1, -0.05) is 5.16 Å². The molecule has 0 aromatic carbocycles. The van der Waals surface area contributed by atoms with Gasteiger partial charge in [-0.05, 0) is 20.8 Å². The van der Waals surface area contributed by atoms with Gasteiger partial charge < -0.3 is 15.2 Å². The molecule has 2 heterocycles. The van der Waals surface area contributed by atoms with E-state index in [9.17, 15) is 4.79 Å². The quantitative estimate of drug-likeness (QED) is 0.855. The monoisotopic (exact) mass is 281 g/mol. The number of nitrogens with zero attached hydrogens (tertiary/aromatic N) is 4. The molecule has 2 N–H and O–H groups in total. The van der Waals surface area contributed by atoms with Crippen LogP contribution in [0, 0.1) is 6.92 Å². The Bertz CT molecular complexity index is 451. The fourth-order valence-electron chi connectivity index (χ4n) is 2.40. The van der Waals surface area contributed by atoms with Crippen LogP contribution in [0.15, 0.2) is 4.52 Å². The number of carbonyl (C=O) groups excluding carboxylic acids is 1. The first-order chi connectivity index (χ1) is 9.47. The van der Waals surface area contributed by atoms with Crippen molar-refractivity contribution >= 4 is 5.91 Å². The predicted octanol–water partition coefficient (Wildman–Crippen LogP) is 0.321. The van der Waals surface area contributed by atoms with Crippen molar-refractivity contribution in [2.75, 3.05) is 26.2 Å². The lowest BCUT2D eigenvalue weighted by atomic mass is 10.2. The Balaban J connectivity index is 1.86. The van der Waals surface area contributed by atoms with E-state index in [-0.39, 0.29) is 18.0 Å². The first-order valence-electron chi connectivity index (χ1n) is 7.05. The number of nitrogens with two attached hydrogens (primary N) is 1. The van der Waals surface area contributed by atoms with E-state index in [1.807, 2.05) is 25.7 Å². The Morgan fingerprint density at radius 1 is 1.35 bits per heavy atom. The average molecular weight is 281 g/mol. The van der Waals surface area contributed by atoms with Gasteiger partial charge in [-0.3, -0.25) is 9.69 Å². The molecule has 0 saturated carbocycles. The van der Waals surface area contributed by atoms with Crippen molar-refractivity contribution in [3.63, 3.8) is 0 Å². The Morgan fingerprint density at radius 3 is 2.50 bits per heavy atom. The van der Waals surface area contributed by atoms with Gasteiger partial charge >= 0.3 is 0 Å². The maximum atomic E-state index is 11.9. The van der Waals surface area contributed by atoms with Crippen LogP contribution in [-0.4, -0.2) is 58.1 Å². The van der Waals surface area contributed by atoms with E-state index in [1.54, 1.807) is 0 Å². The minimum Gasteiger partial charge on any atom is -0.340 e. The highest BCUT2D eigenvalue weighted by Crippen LogP contribution is 2.20. The minimum absolute atomic E-state index is 0.0826. The van der Waals surface area contributed by atoms with Crippen molar-refractivity contribution in [3.05, 3.63) is 11.7 Å². The van der Waals surface area contributed by atoms with Gasteiger partial charge in [-0.2, -0.15) is 4.98 Å². The highest BCUT2D eigenvalue weighted by Gasteiger charge is 2.27. The van der Waals surface area contributed by atoms with Crippen molar-refractivity contribution in [1.82, 2.24) is 19.9 Å². The molecule has 0 bridgehead atoms. The summed E-state index contributed by atoms with van der Waals surface area (Å²) in [5, 5.41) is 3.82. The van der Waals surface area contributed by atoms with E-state index in [4.69, 9.17) is 10.3 Å². The molecule has 0 radical (unpaired) electrons. The molecule has 20 heavy (non-hydrogen) atoms. The molecule has 1 aromatic heterocycles. The van der Waals surface area contributed by atoms with Crippen LogP contribution in [0.4, 0.5) is 0 Å². The summed E-state index contributed by atoms with van der Waals surface area (Å²) < 4.78 is 5.21. The van der Waals surface area contributed by atoms with Crippen LogP contribution in [0.25, 0.3) is 0 Å². The number of piperazine rings is 1. The maximum absolute atomic E-state index is 11.9. The predicted molar refractivity (Wildman–Crippen MR) is 73.9 cm³/mol. The standard InChI is InChI=1S/C13H23N5O2/c1-9(14)8-12(19)18-6-4-17(5-7-18)10(2)13-15-11(3)16-20-13/h9-10H,4-8,14H2,1-3H3. The first-order valence-corrected chi connectivity index (χ1v) is 7.05. The van der Waals surface area contributed by atoms with Crippen LogP contribution in [-0.2, 0) is 4.79 Å². The van der Waals surface area contributed by atoms with E-state index >= 15 is 0 Å². The molecule has 7 heteroatoms. The second-order valence-corrected chi connectivity index (χ2v) is 5.45. The van der Waals surface area contributed by atoms with Crippen LogP contribution >= 0.6 is 0 Å². The molecule has 2 rings (SSSR count). The number of hydrogen-bond acceptors (Lipinski definition) is 6. The van der Waals surface area contributed by atoms with E-state index in [0.29, 0.717) is 18.1 Å². The zero-order valence-corrected chi connectivity index (χ0v) is 12.4. The zero-order valence-electron chi connectivity index (χ0n) is 12.4. The van der Waals surface area contributed by atoms with Crippen molar-refractivity contribution < 1.29 is 9.32 Å². The van der Waals surface area contributed by atoms with Gasteiger partial charge in [0.05, 0.1) is 6.04 Å². The molecule has 0 spiro atoms. The van der Waals surface area contributed by atoms with E-state index in [1.165, 1.54) is 0 Å². The van der Waals surface area contributed by atoms with Gasteiger partial charge in [0.2, 0.25) is 11.8 Å². The summed E-state index contributed by atoms with van der Waals surface area (Å²) in [5.74, 6) is 1.43. The molecule has 112 valence electrons. The lowest BCUT2D eigenvalue weighted by molar-refractivity contribution is -0.133. The van der Waals surface area contributed by atoms with E-state index in [0.717, 1.165) is 26.2 Å². The molecular weight excluding hydrogens is 258 g/mol. The average Bonchev–Trinajstić information content (AvgIpc) is 2.84. The summed E-state index contributed by atoms with van der Waals surface area (Å²) in [4.78, 5) is 20.3. The minimum atomic E-state index is -0.0826. The van der Waals surface area contributed by atoms with Crippen LogP contribution in [0.3, 0.4) is 0 Å². The van der Waals surface area contributed by atoms with Gasteiger partial charge in [0.1, 0.15) is 0 Å². The number of hydrogen-bond donors (Lipinski definition) is 1. The van der Waals surface area contributed by atoms with Gasteiger partial charge in [0.15, 0.2) is 5.82 Å². The van der Waals surface area contributed by atoms with E-state index in [2.05, 4.69) is 15.0 Å². The second kappa shape index (κ2) is 6.32. The number of aryl methyl sites for hydroxylation is 1.